The normalized spacial score (nSPS) is 18.9. The van der Waals surface area contributed by atoms with Gasteiger partial charge in [0.1, 0.15) is 11.9 Å². The van der Waals surface area contributed by atoms with Gasteiger partial charge in [0.05, 0.1) is 6.61 Å². The Labute approximate surface area is 89.0 Å². The first-order chi connectivity index (χ1) is 7.18. The molecule has 0 unspecified atom stereocenters. The average Bonchev–Trinajstić information content (AvgIpc) is 2.17. The van der Waals surface area contributed by atoms with Gasteiger partial charge in [0, 0.05) is 18.9 Å². The lowest BCUT2D eigenvalue weighted by Gasteiger charge is -2.26. The SMILES string of the molecule is CC(=O)O[C@@H]1CCOc2cccc(C)c21. The highest BCUT2D eigenvalue weighted by Crippen LogP contribution is 2.36. The lowest BCUT2D eigenvalue weighted by molar-refractivity contribution is -0.148. The van der Waals surface area contributed by atoms with Crippen molar-refractivity contribution in [1.29, 1.82) is 0 Å². The molecule has 1 aromatic carbocycles. The minimum Gasteiger partial charge on any atom is -0.493 e. The highest BCUT2D eigenvalue weighted by atomic mass is 16.5. The maximum atomic E-state index is 11.0. The summed E-state index contributed by atoms with van der Waals surface area (Å²) in [5, 5.41) is 0. The number of aryl methyl sites for hydroxylation is 1. The monoisotopic (exact) mass is 206 g/mol. The van der Waals surface area contributed by atoms with Gasteiger partial charge in [0.2, 0.25) is 0 Å². The van der Waals surface area contributed by atoms with E-state index in [9.17, 15) is 4.79 Å². The van der Waals surface area contributed by atoms with E-state index in [1.54, 1.807) is 0 Å². The fraction of sp³-hybridized carbons (Fsp3) is 0.417. The van der Waals surface area contributed by atoms with Crippen LogP contribution in [-0.2, 0) is 9.53 Å². The minimum atomic E-state index is -0.240. The first-order valence-electron chi connectivity index (χ1n) is 5.08. The first-order valence-corrected chi connectivity index (χ1v) is 5.08. The molecule has 0 amide bonds. The Morgan fingerprint density at radius 3 is 3.07 bits per heavy atom. The fourth-order valence-electron chi connectivity index (χ4n) is 1.93. The molecule has 1 aliphatic rings. The largest absolute Gasteiger partial charge is 0.493 e. The lowest BCUT2D eigenvalue weighted by Crippen LogP contribution is -2.19. The van der Waals surface area contributed by atoms with Crippen LogP contribution < -0.4 is 4.74 Å². The summed E-state index contributed by atoms with van der Waals surface area (Å²) in [4.78, 5) is 11.0. The van der Waals surface area contributed by atoms with Crippen LogP contribution in [0.4, 0.5) is 0 Å². The van der Waals surface area contributed by atoms with Crippen molar-refractivity contribution in [3.8, 4) is 5.75 Å². The highest BCUT2D eigenvalue weighted by molar-refractivity contribution is 5.66. The quantitative estimate of drug-likeness (QED) is 0.662. The maximum Gasteiger partial charge on any atom is 0.303 e. The van der Waals surface area contributed by atoms with Crippen LogP contribution in [0.15, 0.2) is 18.2 Å². The van der Waals surface area contributed by atoms with Crippen molar-refractivity contribution in [2.75, 3.05) is 6.61 Å². The van der Waals surface area contributed by atoms with Crippen molar-refractivity contribution < 1.29 is 14.3 Å². The van der Waals surface area contributed by atoms with E-state index < -0.39 is 0 Å². The summed E-state index contributed by atoms with van der Waals surface area (Å²) in [6.07, 6.45) is 0.588. The first kappa shape index (κ1) is 10.0. The number of carbonyl (C=O) groups excluding carboxylic acids is 1. The van der Waals surface area contributed by atoms with Gasteiger partial charge in [0.25, 0.3) is 0 Å². The van der Waals surface area contributed by atoms with Crippen molar-refractivity contribution >= 4 is 5.97 Å². The van der Waals surface area contributed by atoms with Crippen LogP contribution in [0.1, 0.15) is 30.6 Å². The second-order valence-electron chi connectivity index (χ2n) is 3.72. The lowest BCUT2D eigenvalue weighted by atomic mass is 9.98. The fourth-order valence-corrected chi connectivity index (χ4v) is 1.93. The number of carbonyl (C=O) groups is 1. The number of rotatable bonds is 1. The summed E-state index contributed by atoms with van der Waals surface area (Å²) in [5.41, 5.74) is 2.12. The van der Waals surface area contributed by atoms with Gasteiger partial charge < -0.3 is 9.47 Å². The third-order valence-corrected chi connectivity index (χ3v) is 2.55. The van der Waals surface area contributed by atoms with Gasteiger partial charge in [-0.15, -0.1) is 0 Å². The third-order valence-electron chi connectivity index (χ3n) is 2.55. The summed E-state index contributed by atoms with van der Waals surface area (Å²) in [5.74, 6) is 0.601. The van der Waals surface area contributed by atoms with Crippen molar-refractivity contribution in [3.63, 3.8) is 0 Å². The molecule has 15 heavy (non-hydrogen) atoms. The minimum absolute atomic E-state index is 0.146. The van der Waals surface area contributed by atoms with E-state index in [4.69, 9.17) is 9.47 Å². The molecule has 3 nitrogen and oxygen atoms in total. The van der Waals surface area contributed by atoms with Gasteiger partial charge in [0.15, 0.2) is 0 Å². The molecular weight excluding hydrogens is 192 g/mol. The Morgan fingerprint density at radius 1 is 1.53 bits per heavy atom. The summed E-state index contributed by atoms with van der Waals surface area (Å²) in [6.45, 7) is 4.05. The number of benzene rings is 1. The predicted molar refractivity (Wildman–Crippen MR) is 55.8 cm³/mol. The Hall–Kier alpha value is -1.51. The summed E-state index contributed by atoms with van der Waals surface area (Å²) >= 11 is 0. The van der Waals surface area contributed by atoms with E-state index in [-0.39, 0.29) is 12.1 Å². The molecule has 0 radical (unpaired) electrons. The van der Waals surface area contributed by atoms with Gasteiger partial charge >= 0.3 is 5.97 Å². The molecule has 0 bridgehead atoms. The van der Waals surface area contributed by atoms with Crippen LogP contribution in [0.3, 0.4) is 0 Å². The molecule has 0 spiro atoms. The number of hydrogen-bond donors (Lipinski definition) is 0. The second-order valence-corrected chi connectivity index (χ2v) is 3.72. The Morgan fingerprint density at radius 2 is 2.33 bits per heavy atom. The predicted octanol–water partition coefficient (Wildman–Crippen LogP) is 2.38. The highest BCUT2D eigenvalue weighted by Gasteiger charge is 2.25. The molecule has 0 aromatic heterocycles. The second kappa shape index (κ2) is 3.93. The molecule has 0 saturated heterocycles. The van der Waals surface area contributed by atoms with E-state index in [1.165, 1.54) is 6.92 Å². The molecule has 0 aliphatic carbocycles. The zero-order valence-corrected chi connectivity index (χ0v) is 8.95. The van der Waals surface area contributed by atoms with Crippen molar-refractivity contribution in [1.82, 2.24) is 0 Å². The molecule has 0 saturated carbocycles. The summed E-state index contributed by atoms with van der Waals surface area (Å²) < 4.78 is 10.8. The van der Waals surface area contributed by atoms with Crippen molar-refractivity contribution in [2.45, 2.75) is 26.4 Å². The number of ether oxygens (including phenoxy) is 2. The third kappa shape index (κ3) is 1.96. The van der Waals surface area contributed by atoms with E-state index in [0.717, 1.165) is 23.3 Å². The topological polar surface area (TPSA) is 35.5 Å². The van der Waals surface area contributed by atoms with Crippen molar-refractivity contribution in [3.05, 3.63) is 29.3 Å². The number of esters is 1. The van der Waals surface area contributed by atoms with E-state index >= 15 is 0 Å². The van der Waals surface area contributed by atoms with Gasteiger partial charge in [-0.2, -0.15) is 0 Å². The van der Waals surface area contributed by atoms with Crippen LogP contribution in [0, 0.1) is 6.92 Å². The van der Waals surface area contributed by atoms with Crippen LogP contribution in [0.2, 0.25) is 0 Å². The van der Waals surface area contributed by atoms with Crippen LogP contribution in [0.5, 0.6) is 5.75 Å². The molecule has 1 atom stereocenters. The zero-order chi connectivity index (χ0) is 10.8. The van der Waals surface area contributed by atoms with E-state index in [1.807, 2.05) is 25.1 Å². The Kier molecular flexibility index (Phi) is 2.62. The number of hydrogen-bond acceptors (Lipinski definition) is 3. The Bertz CT molecular complexity index is 384. The molecule has 0 fully saturated rings. The maximum absolute atomic E-state index is 11.0. The van der Waals surface area contributed by atoms with Gasteiger partial charge in [-0.25, -0.2) is 0 Å². The molecular formula is C12H14O3. The molecule has 2 rings (SSSR count). The smallest absolute Gasteiger partial charge is 0.303 e. The van der Waals surface area contributed by atoms with Crippen molar-refractivity contribution in [2.24, 2.45) is 0 Å². The zero-order valence-electron chi connectivity index (χ0n) is 8.95. The van der Waals surface area contributed by atoms with Crippen LogP contribution >= 0.6 is 0 Å². The molecule has 3 heteroatoms. The Balaban J connectivity index is 2.36. The van der Waals surface area contributed by atoms with Gasteiger partial charge in [-0.05, 0) is 18.6 Å². The van der Waals surface area contributed by atoms with Gasteiger partial charge in [-0.3, -0.25) is 4.79 Å². The van der Waals surface area contributed by atoms with Crippen LogP contribution in [0.25, 0.3) is 0 Å². The van der Waals surface area contributed by atoms with Gasteiger partial charge in [-0.1, -0.05) is 12.1 Å². The molecule has 1 aromatic rings. The summed E-state index contributed by atoms with van der Waals surface area (Å²) in [7, 11) is 0. The molecule has 0 N–H and O–H groups in total. The van der Waals surface area contributed by atoms with Crippen LogP contribution in [-0.4, -0.2) is 12.6 Å². The molecule has 1 heterocycles. The van der Waals surface area contributed by atoms with E-state index in [2.05, 4.69) is 0 Å². The summed E-state index contributed by atoms with van der Waals surface area (Å²) in [6, 6.07) is 5.87. The standard InChI is InChI=1S/C12H14O3/c1-8-4-3-5-10-12(8)11(6-7-14-10)15-9(2)13/h3-5,11H,6-7H2,1-2H3/t11-/m1/s1. The van der Waals surface area contributed by atoms with E-state index in [0.29, 0.717) is 6.61 Å². The molecule has 80 valence electrons. The average molecular weight is 206 g/mol. The number of fused-ring (bicyclic) bond motifs is 1. The molecule has 1 aliphatic heterocycles.